The molecule has 0 radical (unpaired) electrons. The van der Waals surface area contributed by atoms with Gasteiger partial charge in [0.05, 0.1) is 12.2 Å². The van der Waals surface area contributed by atoms with Gasteiger partial charge < -0.3 is 9.47 Å². The molecule has 1 atom stereocenters. The molecule has 0 bridgehead atoms. The van der Waals surface area contributed by atoms with Crippen LogP contribution in [0.4, 0.5) is 0 Å². The van der Waals surface area contributed by atoms with Gasteiger partial charge >= 0.3 is 5.97 Å². The monoisotopic (exact) mass is 354 g/mol. The van der Waals surface area contributed by atoms with Crippen molar-refractivity contribution in [2.75, 3.05) is 6.61 Å². The van der Waals surface area contributed by atoms with Gasteiger partial charge in [-0.25, -0.2) is 13.2 Å². The van der Waals surface area contributed by atoms with E-state index in [1.54, 1.807) is 0 Å². The van der Waals surface area contributed by atoms with Gasteiger partial charge in [0.2, 0.25) is 6.29 Å². The summed E-state index contributed by atoms with van der Waals surface area (Å²) in [5.74, 6) is -0.778. The van der Waals surface area contributed by atoms with Gasteiger partial charge in [-0.1, -0.05) is 6.07 Å². The van der Waals surface area contributed by atoms with Crippen molar-refractivity contribution in [3.05, 3.63) is 28.2 Å². The summed E-state index contributed by atoms with van der Waals surface area (Å²) in [6, 6.07) is 4.33. The van der Waals surface area contributed by atoms with Gasteiger partial charge in [-0.15, -0.1) is 0 Å². The highest BCUT2D eigenvalue weighted by atomic mass is 79.9. The number of benzene rings is 1. The largest absolute Gasteiger partial charge is 0.432 e. The van der Waals surface area contributed by atoms with Gasteiger partial charge in [-0.05, 0) is 28.1 Å². The molecule has 1 heterocycles. The lowest BCUT2D eigenvalue weighted by Gasteiger charge is -2.25. The maximum atomic E-state index is 11.8. The third-order valence-electron chi connectivity index (χ3n) is 2.33. The van der Waals surface area contributed by atoms with Crippen molar-refractivity contribution in [1.29, 1.82) is 0 Å². The summed E-state index contributed by atoms with van der Waals surface area (Å²) in [5.41, 5.74) is -0.116. The Bertz CT molecular complexity index is 582. The minimum absolute atomic E-state index is 0.116. The van der Waals surface area contributed by atoms with E-state index >= 15 is 0 Å². The highest BCUT2D eigenvalue weighted by Gasteiger charge is 2.28. The number of carbonyl (C=O) groups excluding carboxylic acids is 1. The molecule has 1 fully saturated rings. The van der Waals surface area contributed by atoms with E-state index in [-0.39, 0.29) is 14.9 Å². The van der Waals surface area contributed by atoms with Crippen molar-refractivity contribution in [2.45, 2.75) is 17.6 Å². The molecule has 8 heteroatoms. The number of rotatable bonds is 3. The standard InChI is InChI=1S/C10H8BrClO5S/c11-7-3-1-2-6(9(7)18(12,14)15)10(13)17-8-4-5-16-8/h1-3,8H,4-5H2. The van der Waals surface area contributed by atoms with Crippen molar-refractivity contribution in [3.63, 3.8) is 0 Å². The molecule has 1 saturated heterocycles. The second kappa shape index (κ2) is 5.16. The fraction of sp³-hybridized carbons (Fsp3) is 0.300. The van der Waals surface area contributed by atoms with Gasteiger partial charge in [-0.2, -0.15) is 0 Å². The van der Waals surface area contributed by atoms with E-state index in [1.165, 1.54) is 18.2 Å². The van der Waals surface area contributed by atoms with E-state index in [0.29, 0.717) is 13.0 Å². The van der Waals surface area contributed by atoms with Crippen molar-refractivity contribution in [2.24, 2.45) is 0 Å². The molecule has 0 spiro atoms. The summed E-state index contributed by atoms with van der Waals surface area (Å²) < 4.78 is 33.0. The van der Waals surface area contributed by atoms with Crippen molar-refractivity contribution in [1.82, 2.24) is 0 Å². The molecule has 5 nitrogen and oxygen atoms in total. The van der Waals surface area contributed by atoms with E-state index in [9.17, 15) is 13.2 Å². The van der Waals surface area contributed by atoms with Crippen LogP contribution in [0.25, 0.3) is 0 Å². The van der Waals surface area contributed by atoms with Crippen LogP contribution in [0.3, 0.4) is 0 Å². The molecule has 98 valence electrons. The average Bonchev–Trinajstić information content (AvgIpc) is 2.21. The van der Waals surface area contributed by atoms with Gasteiger partial charge in [0.25, 0.3) is 9.05 Å². The molecule has 18 heavy (non-hydrogen) atoms. The summed E-state index contributed by atoms with van der Waals surface area (Å²) in [4.78, 5) is 11.5. The fourth-order valence-corrected chi connectivity index (χ4v) is 3.91. The van der Waals surface area contributed by atoms with E-state index in [0.717, 1.165) is 0 Å². The first-order chi connectivity index (χ1) is 8.39. The molecule has 0 N–H and O–H groups in total. The summed E-state index contributed by atoms with van der Waals surface area (Å²) in [6.45, 7) is 0.525. The van der Waals surface area contributed by atoms with Crippen LogP contribution in [0.2, 0.25) is 0 Å². The maximum absolute atomic E-state index is 11.8. The van der Waals surface area contributed by atoms with Crippen LogP contribution >= 0.6 is 26.6 Å². The third-order valence-corrected chi connectivity index (χ3v) is 4.64. The molecule has 1 aromatic rings. The summed E-state index contributed by atoms with van der Waals surface area (Å²) in [5, 5.41) is 0. The second-order valence-electron chi connectivity index (χ2n) is 3.55. The Hall–Kier alpha value is -0.630. The zero-order valence-corrected chi connectivity index (χ0v) is 12.1. The van der Waals surface area contributed by atoms with Crippen LogP contribution in [0.15, 0.2) is 27.6 Å². The van der Waals surface area contributed by atoms with Crippen LogP contribution in [0.1, 0.15) is 16.8 Å². The lowest BCUT2D eigenvalue weighted by molar-refractivity contribution is -0.184. The molecule has 1 aliphatic heterocycles. The fourth-order valence-electron chi connectivity index (χ4n) is 1.41. The van der Waals surface area contributed by atoms with E-state index in [1.807, 2.05) is 0 Å². The smallest absolute Gasteiger partial charge is 0.341 e. The number of hydrogen-bond acceptors (Lipinski definition) is 5. The molecule has 0 saturated carbocycles. The predicted octanol–water partition coefficient (Wildman–Crippen LogP) is 2.28. The number of ether oxygens (including phenoxy) is 2. The van der Waals surface area contributed by atoms with Crippen LogP contribution in [0.5, 0.6) is 0 Å². The Kier molecular flexibility index (Phi) is 3.96. The summed E-state index contributed by atoms with van der Waals surface area (Å²) >= 11 is 3.05. The van der Waals surface area contributed by atoms with Crippen LogP contribution in [-0.2, 0) is 18.5 Å². The molecule has 0 aromatic heterocycles. The number of halogens is 2. The predicted molar refractivity (Wildman–Crippen MR) is 67.0 cm³/mol. The van der Waals surface area contributed by atoms with Crippen molar-refractivity contribution in [3.8, 4) is 0 Å². The van der Waals surface area contributed by atoms with E-state index in [2.05, 4.69) is 15.9 Å². The average molecular weight is 356 g/mol. The molecule has 0 amide bonds. The summed E-state index contributed by atoms with van der Waals surface area (Å²) in [7, 11) is 1.25. The first-order valence-corrected chi connectivity index (χ1v) is 8.05. The Morgan fingerprint density at radius 1 is 1.50 bits per heavy atom. The summed E-state index contributed by atoms with van der Waals surface area (Å²) in [6.07, 6.45) is -0.00902. The highest BCUT2D eigenvalue weighted by molar-refractivity contribution is 9.10. The van der Waals surface area contributed by atoms with E-state index in [4.69, 9.17) is 20.2 Å². The SMILES string of the molecule is O=C(OC1CCO1)c1cccc(Br)c1S(=O)(=O)Cl. The van der Waals surface area contributed by atoms with Crippen molar-refractivity contribution < 1.29 is 22.7 Å². The topological polar surface area (TPSA) is 69.7 Å². The molecular formula is C10H8BrClO5S. The van der Waals surface area contributed by atoms with Gasteiger partial charge in [0.1, 0.15) is 4.90 Å². The molecule has 1 aromatic carbocycles. The highest BCUT2D eigenvalue weighted by Crippen LogP contribution is 2.29. The Morgan fingerprint density at radius 3 is 2.67 bits per heavy atom. The third kappa shape index (κ3) is 2.85. The molecular weight excluding hydrogens is 348 g/mol. The van der Waals surface area contributed by atoms with Gasteiger partial charge in [0.15, 0.2) is 0 Å². The molecule has 2 rings (SSSR count). The Balaban J connectivity index is 2.37. The zero-order chi connectivity index (χ0) is 13.3. The number of esters is 1. The number of hydrogen-bond donors (Lipinski definition) is 0. The second-order valence-corrected chi connectivity index (χ2v) is 6.91. The molecule has 1 aliphatic rings. The first kappa shape index (κ1) is 13.8. The lowest BCUT2D eigenvalue weighted by atomic mass is 10.2. The quantitative estimate of drug-likeness (QED) is 0.614. The minimum atomic E-state index is -4.05. The maximum Gasteiger partial charge on any atom is 0.341 e. The van der Waals surface area contributed by atoms with Crippen LogP contribution < -0.4 is 0 Å². The van der Waals surface area contributed by atoms with E-state index < -0.39 is 21.3 Å². The number of carbonyl (C=O) groups is 1. The molecule has 1 unspecified atom stereocenters. The normalized spacial score (nSPS) is 19.1. The van der Waals surface area contributed by atoms with Gasteiger partial charge in [0, 0.05) is 21.6 Å². The molecule has 0 aliphatic carbocycles. The minimum Gasteiger partial charge on any atom is -0.432 e. The van der Waals surface area contributed by atoms with Gasteiger partial charge in [-0.3, -0.25) is 0 Å². The van der Waals surface area contributed by atoms with Crippen LogP contribution in [-0.4, -0.2) is 27.3 Å². The van der Waals surface area contributed by atoms with Crippen LogP contribution in [0, 0.1) is 0 Å². The Labute approximate surface area is 117 Å². The zero-order valence-electron chi connectivity index (χ0n) is 8.93. The Morgan fingerprint density at radius 2 is 2.17 bits per heavy atom. The van der Waals surface area contributed by atoms with Crippen molar-refractivity contribution >= 4 is 41.6 Å². The lowest BCUT2D eigenvalue weighted by Crippen LogP contribution is -2.32. The first-order valence-electron chi connectivity index (χ1n) is 4.95.